The molecule has 0 aliphatic carbocycles. The number of Topliss-reactive ketones (excluding diaryl/α,β-unsaturated/α-hetero) is 1. The third-order valence-corrected chi connectivity index (χ3v) is 2.32. The topological polar surface area (TPSA) is 29.1 Å². The molecule has 1 aliphatic heterocycles. The first-order chi connectivity index (χ1) is 5.55. The van der Waals surface area contributed by atoms with E-state index in [0.717, 1.165) is 6.92 Å². The van der Waals surface area contributed by atoms with Gasteiger partial charge < -0.3 is 5.32 Å². The molecular formula is C8H13F2NO. The Hall–Kier alpha value is -0.510. The second kappa shape index (κ2) is 3.47. The van der Waals surface area contributed by atoms with Gasteiger partial charge in [0, 0.05) is 12.8 Å². The molecule has 1 fully saturated rings. The molecule has 0 aromatic rings. The first-order valence-corrected chi connectivity index (χ1v) is 4.14. The van der Waals surface area contributed by atoms with E-state index in [1.54, 1.807) is 0 Å². The van der Waals surface area contributed by atoms with Crippen molar-refractivity contribution in [3.05, 3.63) is 0 Å². The van der Waals surface area contributed by atoms with Gasteiger partial charge in [0.05, 0.1) is 0 Å². The van der Waals surface area contributed by atoms with E-state index in [1.807, 2.05) is 0 Å². The molecule has 0 atom stereocenters. The molecule has 1 N–H and O–H groups in total. The van der Waals surface area contributed by atoms with E-state index in [9.17, 15) is 13.6 Å². The van der Waals surface area contributed by atoms with Crippen molar-refractivity contribution in [3.8, 4) is 0 Å². The average Bonchev–Trinajstić information content (AvgIpc) is 2.06. The highest BCUT2D eigenvalue weighted by atomic mass is 19.3. The summed E-state index contributed by atoms with van der Waals surface area (Å²) < 4.78 is 26.1. The Balaban J connectivity index is 2.59. The summed E-state index contributed by atoms with van der Waals surface area (Å²) in [5, 5.41) is 2.98. The summed E-state index contributed by atoms with van der Waals surface area (Å²) in [6.07, 6.45) is 0.791. The number of rotatable bonds is 2. The molecule has 1 aliphatic rings. The van der Waals surface area contributed by atoms with Crippen molar-refractivity contribution in [2.75, 3.05) is 13.1 Å². The molecule has 0 spiro atoms. The largest absolute Gasteiger partial charge is 0.317 e. The molecule has 0 amide bonds. The van der Waals surface area contributed by atoms with Crippen molar-refractivity contribution >= 4 is 5.78 Å². The number of carbonyl (C=O) groups is 1. The van der Waals surface area contributed by atoms with E-state index in [2.05, 4.69) is 5.32 Å². The number of hydrogen-bond acceptors (Lipinski definition) is 2. The lowest BCUT2D eigenvalue weighted by atomic mass is 9.89. The highest BCUT2D eigenvalue weighted by molar-refractivity contribution is 5.83. The Kier molecular flexibility index (Phi) is 2.77. The maximum Gasteiger partial charge on any atom is 0.307 e. The van der Waals surface area contributed by atoms with Gasteiger partial charge in [-0.25, -0.2) is 0 Å². The van der Waals surface area contributed by atoms with Gasteiger partial charge in [-0.1, -0.05) is 0 Å². The molecule has 0 unspecified atom stereocenters. The van der Waals surface area contributed by atoms with Crippen LogP contribution < -0.4 is 5.32 Å². The molecule has 0 aromatic carbocycles. The zero-order valence-electron chi connectivity index (χ0n) is 7.07. The van der Waals surface area contributed by atoms with Crippen molar-refractivity contribution in [3.63, 3.8) is 0 Å². The van der Waals surface area contributed by atoms with E-state index >= 15 is 0 Å². The van der Waals surface area contributed by atoms with E-state index in [0.29, 0.717) is 25.9 Å². The van der Waals surface area contributed by atoms with Gasteiger partial charge in [0.25, 0.3) is 0 Å². The quantitative estimate of drug-likeness (QED) is 0.687. The van der Waals surface area contributed by atoms with Crippen molar-refractivity contribution in [1.82, 2.24) is 5.32 Å². The van der Waals surface area contributed by atoms with E-state index in [4.69, 9.17) is 0 Å². The van der Waals surface area contributed by atoms with Crippen LogP contribution in [0.4, 0.5) is 8.78 Å². The summed E-state index contributed by atoms with van der Waals surface area (Å²) in [6, 6.07) is 0. The first-order valence-electron chi connectivity index (χ1n) is 4.14. The van der Waals surface area contributed by atoms with Gasteiger partial charge in [0.2, 0.25) is 0 Å². The van der Waals surface area contributed by atoms with Crippen LogP contribution in [-0.4, -0.2) is 24.8 Å². The molecule has 0 bridgehead atoms. The number of ketones is 1. The zero-order valence-corrected chi connectivity index (χ0v) is 7.07. The van der Waals surface area contributed by atoms with Crippen molar-refractivity contribution in [1.29, 1.82) is 0 Å². The third kappa shape index (κ3) is 1.80. The Morgan fingerprint density at radius 1 is 1.42 bits per heavy atom. The van der Waals surface area contributed by atoms with Crippen LogP contribution in [0, 0.1) is 5.92 Å². The SMILES string of the molecule is CC(=O)C(F)(F)C1CCNCC1. The summed E-state index contributed by atoms with van der Waals surface area (Å²) >= 11 is 0. The Bertz CT molecular complexity index is 176. The Labute approximate surface area is 70.3 Å². The van der Waals surface area contributed by atoms with E-state index in [1.165, 1.54) is 0 Å². The lowest BCUT2D eigenvalue weighted by Crippen LogP contribution is -2.42. The van der Waals surface area contributed by atoms with Gasteiger partial charge in [-0.3, -0.25) is 4.79 Å². The minimum absolute atomic E-state index is 0.395. The molecule has 0 radical (unpaired) electrons. The lowest BCUT2D eigenvalue weighted by Gasteiger charge is -2.28. The van der Waals surface area contributed by atoms with Crippen LogP contribution in [-0.2, 0) is 4.79 Å². The number of piperidine rings is 1. The van der Waals surface area contributed by atoms with Gasteiger partial charge in [-0.15, -0.1) is 0 Å². The average molecular weight is 177 g/mol. The Morgan fingerprint density at radius 2 is 1.92 bits per heavy atom. The summed E-state index contributed by atoms with van der Waals surface area (Å²) in [6.45, 7) is 2.14. The second-order valence-electron chi connectivity index (χ2n) is 3.20. The molecule has 1 saturated heterocycles. The van der Waals surface area contributed by atoms with Crippen LogP contribution in [0.3, 0.4) is 0 Å². The lowest BCUT2D eigenvalue weighted by molar-refractivity contribution is -0.150. The van der Waals surface area contributed by atoms with Crippen LogP contribution >= 0.6 is 0 Å². The molecule has 4 heteroatoms. The molecule has 1 rings (SSSR count). The number of nitrogens with one attached hydrogen (secondary N) is 1. The smallest absolute Gasteiger partial charge is 0.307 e. The first kappa shape index (κ1) is 9.58. The van der Waals surface area contributed by atoms with E-state index < -0.39 is 17.6 Å². The standard InChI is InChI=1S/C8H13F2NO/c1-6(12)8(9,10)7-2-4-11-5-3-7/h7,11H,2-5H2,1H3. The molecule has 70 valence electrons. The molecule has 0 aromatic heterocycles. The van der Waals surface area contributed by atoms with Gasteiger partial charge in [-0.05, 0) is 25.9 Å². The van der Waals surface area contributed by atoms with Crippen molar-refractivity contribution in [2.24, 2.45) is 5.92 Å². The summed E-state index contributed by atoms with van der Waals surface area (Å²) in [5.41, 5.74) is 0. The predicted molar refractivity (Wildman–Crippen MR) is 41.2 cm³/mol. The van der Waals surface area contributed by atoms with Crippen molar-refractivity contribution in [2.45, 2.75) is 25.7 Å². The van der Waals surface area contributed by atoms with Gasteiger partial charge in [0.1, 0.15) is 0 Å². The number of halogens is 2. The molecular weight excluding hydrogens is 164 g/mol. The second-order valence-corrected chi connectivity index (χ2v) is 3.20. The monoisotopic (exact) mass is 177 g/mol. The molecule has 0 saturated carbocycles. The van der Waals surface area contributed by atoms with Crippen LogP contribution in [0.15, 0.2) is 0 Å². The summed E-state index contributed by atoms with van der Waals surface area (Å²) in [4.78, 5) is 10.6. The maximum absolute atomic E-state index is 13.1. The fourth-order valence-electron chi connectivity index (χ4n) is 1.47. The van der Waals surface area contributed by atoms with Gasteiger partial charge in [-0.2, -0.15) is 8.78 Å². The van der Waals surface area contributed by atoms with Gasteiger partial charge >= 0.3 is 5.92 Å². The fraction of sp³-hybridized carbons (Fsp3) is 0.875. The van der Waals surface area contributed by atoms with E-state index in [-0.39, 0.29) is 0 Å². The zero-order chi connectivity index (χ0) is 9.19. The molecule has 1 heterocycles. The Morgan fingerprint density at radius 3 is 2.33 bits per heavy atom. The highest BCUT2D eigenvalue weighted by Gasteiger charge is 2.44. The number of carbonyl (C=O) groups excluding carboxylic acids is 1. The predicted octanol–water partition coefficient (Wildman–Crippen LogP) is 1.21. The van der Waals surface area contributed by atoms with Gasteiger partial charge in [0.15, 0.2) is 5.78 Å². The van der Waals surface area contributed by atoms with Crippen LogP contribution in [0.5, 0.6) is 0 Å². The van der Waals surface area contributed by atoms with Crippen LogP contribution in [0.2, 0.25) is 0 Å². The highest BCUT2D eigenvalue weighted by Crippen LogP contribution is 2.31. The van der Waals surface area contributed by atoms with Crippen molar-refractivity contribution < 1.29 is 13.6 Å². The molecule has 12 heavy (non-hydrogen) atoms. The minimum Gasteiger partial charge on any atom is -0.317 e. The third-order valence-electron chi connectivity index (χ3n) is 2.32. The van der Waals surface area contributed by atoms with Crippen LogP contribution in [0.25, 0.3) is 0 Å². The number of alkyl halides is 2. The minimum atomic E-state index is -3.11. The normalized spacial score (nSPS) is 20.9. The fourth-order valence-corrected chi connectivity index (χ4v) is 1.47. The summed E-state index contributed by atoms with van der Waals surface area (Å²) in [5.74, 6) is -4.87. The summed E-state index contributed by atoms with van der Waals surface area (Å²) in [7, 11) is 0. The number of hydrogen-bond donors (Lipinski definition) is 1. The maximum atomic E-state index is 13.1. The van der Waals surface area contributed by atoms with Crippen LogP contribution in [0.1, 0.15) is 19.8 Å². The molecule has 2 nitrogen and oxygen atoms in total.